The lowest BCUT2D eigenvalue weighted by atomic mass is 10.1. The monoisotopic (exact) mass is 282 g/mol. The summed E-state index contributed by atoms with van der Waals surface area (Å²) in [5.74, 6) is -1.60. The van der Waals surface area contributed by atoms with Crippen LogP contribution in [-0.4, -0.2) is 31.1 Å². The number of benzene rings is 1. The van der Waals surface area contributed by atoms with E-state index in [0.717, 1.165) is 6.07 Å². The Hall–Kier alpha value is -1.95. The number of ether oxygens (including phenoxy) is 1. The highest BCUT2D eigenvalue weighted by Crippen LogP contribution is 2.18. The van der Waals surface area contributed by atoms with Gasteiger partial charge >= 0.3 is 5.97 Å². The molecule has 0 aromatic heterocycles. The van der Waals surface area contributed by atoms with Gasteiger partial charge in [0.25, 0.3) is 0 Å². The van der Waals surface area contributed by atoms with Gasteiger partial charge in [-0.15, -0.1) is 0 Å². The van der Waals surface area contributed by atoms with Crippen LogP contribution < -0.4 is 10.6 Å². The first-order chi connectivity index (χ1) is 9.23. The average Bonchev–Trinajstić information content (AvgIpc) is 2.37. The molecular weight excluding hydrogens is 263 g/mol. The van der Waals surface area contributed by atoms with Crippen molar-refractivity contribution in [2.75, 3.05) is 19.0 Å². The standard InChI is InChI=1S/C14H19FN2O3/c1-14(2,3)16-8-12(18)17-11-6-5-9(15)7-10(11)13(19)20-4/h5-7,16H,8H2,1-4H3,(H,17,18). The van der Waals surface area contributed by atoms with Crippen LogP contribution in [-0.2, 0) is 9.53 Å². The number of rotatable bonds is 4. The van der Waals surface area contributed by atoms with Crippen LogP contribution in [0.1, 0.15) is 31.1 Å². The molecular formula is C14H19FN2O3. The summed E-state index contributed by atoms with van der Waals surface area (Å²) in [4.78, 5) is 23.3. The summed E-state index contributed by atoms with van der Waals surface area (Å²) in [6.45, 7) is 5.87. The molecule has 1 rings (SSSR count). The third-order valence-electron chi connectivity index (χ3n) is 2.44. The van der Waals surface area contributed by atoms with Gasteiger partial charge in [0.1, 0.15) is 5.82 Å². The van der Waals surface area contributed by atoms with E-state index in [1.807, 2.05) is 20.8 Å². The number of hydrogen-bond acceptors (Lipinski definition) is 4. The largest absolute Gasteiger partial charge is 0.465 e. The topological polar surface area (TPSA) is 67.4 Å². The summed E-state index contributed by atoms with van der Waals surface area (Å²) in [7, 11) is 1.19. The summed E-state index contributed by atoms with van der Waals surface area (Å²) in [5.41, 5.74) is 0.00117. The van der Waals surface area contributed by atoms with Crippen molar-refractivity contribution in [3.05, 3.63) is 29.6 Å². The molecule has 0 saturated heterocycles. The lowest BCUT2D eigenvalue weighted by molar-refractivity contribution is -0.115. The van der Waals surface area contributed by atoms with E-state index in [-0.39, 0.29) is 29.2 Å². The number of carbonyl (C=O) groups is 2. The highest BCUT2D eigenvalue weighted by Gasteiger charge is 2.16. The van der Waals surface area contributed by atoms with Crippen molar-refractivity contribution in [3.8, 4) is 0 Å². The Kier molecular flexibility index (Phi) is 5.21. The third-order valence-corrected chi connectivity index (χ3v) is 2.44. The zero-order valence-corrected chi connectivity index (χ0v) is 12.0. The van der Waals surface area contributed by atoms with Crippen LogP contribution in [0.2, 0.25) is 0 Å². The second-order valence-electron chi connectivity index (χ2n) is 5.33. The van der Waals surface area contributed by atoms with Gasteiger partial charge in [-0.3, -0.25) is 4.79 Å². The van der Waals surface area contributed by atoms with Gasteiger partial charge in [-0.1, -0.05) is 0 Å². The highest BCUT2D eigenvalue weighted by atomic mass is 19.1. The molecule has 0 aliphatic rings. The van der Waals surface area contributed by atoms with Crippen LogP contribution in [0, 0.1) is 5.82 Å². The minimum absolute atomic E-state index is 0.0170. The van der Waals surface area contributed by atoms with E-state index in [0.29, 0.717) is 0 Å². The van der Waals surface area contributed by atoms with E-state index in [1.165, 1.54) is 19.2 Å². The summed E-state index contributed by atoms with van der Waals surface area (Å²) < 4.78 is 17.7. The highest BCUT2D eigenvalue weighted by molar-refractivity contribution is 6.01. The first-order valence-corrected chi connectivity index (χ1v) is 6.15. The fourth-order valence-corrected chi connectivity index (χ4v) is 1.44. The first kappa shape index (κ1) is 16.1. The van der Waals surface area contributed by atoms with Crippen molar-refractivity contribution in [1.29, 1.82) is 0 Å². The van der Waals surface area contributed by atoms with Gasteiger partial charge in [0.05, 0.1) is 24.9 Å². The Morgan fingerprint density at radius 3 is 2.50 bits per heavy atom. The van der Waals surface area contributed by atoms with Crippen molar-refractivity contribution >= 4 is 17.6 Å². The second kappa shape index (κ2) is 6.47. The molecule has 0 bridgehead atoms. The number of nitrogens with one attached hydrogen (secondary N) is 2. The predicted molar refractivity (Wildman–Crippen MR) is 74.1 cm³/mol. The number of halogens is 1. The fourth-order valence-electron chi connectivity index (χ4n) is 1.44. The third kappa shape index (κ3) is 4.97. The summed E-state index contributed by atoms with van der Waals surface area (Å²) >= 11 is 0. The van der Waals surface area contributed by atoms with E-state index in [4.69, 9.17) is 0 Å². The fraction of sp³-hybridized carbons (Fsp3) is 0.429. The Morgan fingerprint density at radius 2 is 1.95 bits per heavy atom. The number of hydrogen-bond donors (Lipinski definition) is 2. The van der Waals surface area contributed by atoms with Gasteiger partial charge < -0.3 is 15.4 Å². The summed E-state index contributed by atoms with van der Waals surface area (Å²) in [6.07, 6.45) is 0. The van der Waals surface area contributed by atoms with Crippen LogP contribution in [0.4, 0.5) is 10.1 Å². The average molecular weight is 282 g/mol. The Bertz CT molecular complexity index is 510. The van der Waals surface area contributed by atoms with Crippen molar-refractivity contribution in [3.63, 3.8) is 0 Å². The van der Waals surface area contributed by atoms with Gasteiger partial charge in [0, 0.05) is 5.54 Å². The number of carbonyl (C=O) groups excluding carboxylic acids is 2. The number of amides is 1. The minimum atomic E-state index is -0.705. The zero-order chi connectivity index (χ0) is 15.3. The molecule has 0 aliphatic heterocycles. The molecule has 5 nitrogen and oxygen atoms in total. The molecule has 110 valence electrons. The van der Waals surface area contributed by atoms with E-state index in [1.54, 1.807) is 0 Å². The van der Waals surface area contributed by atoms with Crippen LogP contribution in [0.3, 0.4) is 0 Å². The van der Waals surface area contributed by atoms with Crippen molar-refractivity contribution in [1.82, 2.24) is 5.32 Å². The van der Waals surface area contributed by atoms with Crippen LogP contribution in [0.5, 0.6) is 0 Å². The molecule has 6 heteroatoms. The van der Waals surface area contributed by atoms with Crippen molar-refractivity contribution < 1.29 is 18.7 Å². The maximum absolute atomic E-state index is 13.2. The Labute approximate surface area is 117 Å². The maximum Gasteiger partial charge on any atom is 0.340 e. The summed E-state index contributed by atoms with van der Waals surface area (Å²) in [5, 5.41) is 5.57. The molecule has 0 unspecified atom stereocenters. The summed E-state index contributed by atoms with van der Waals surface area (Å²) in [6, 6.07) is 3.52. The molecule has 0 fully saturated rings. The molecule has 2 N–H and O–H groups in total. The van der Waals surface area contributed by atoms with Gasteiger partial charge in [-0.05, 0) is 39.0 Å². The molecule has 1 amide bonds. The number of methoxy groups -OCH3 is 1. The van der Waals surface area contributed by atoms with Crippen molar-refractivity contribution in [2.45, 2.75) is 26.3 Å². The van der Waals surface area contributed by atoms with Crippen LogP contribution in [0.15, 0.2) is 18.2 Å². The van der Waals surface area contributed by atoms with Crippen LogP contribution >= 0.6 is 0 Å². The Morgan fingerprint density at radius 1 is 1.30 bits per heavy atom. The molecule has 1 aromatic rings. The smallest absolute Gasteiger partial charge is 0.340 e. The van der Waals surface area contributed by atoms with Gasteiger partial charge in [0.2, 0.25) is 5.91 Å². The maximum atomic E-state index is 13.2. The van der Waals surface area contributed by atoms with E-state index in [9.17, 15) is 14.0 Å². The quantitative estimate of drug-likeness (QED) is 0.828. The molecule has 0 atom stereocenters. The lowest BCUT2D eigenvalue weighted by Crippen LogP contribution is -2.41. The van der Waals surface area contributed by atoms with Gasteiger partial charge in [-0.2, -0.15) is 0 Å². The Balaban J connectivity index is 2.82. The van der Waals surface area contributed by atoms with Gasteiger partial charge in [-0.25, -0.2) is 9.18 Å². The minimum Gasteiger partial charge on any atom is -0.465 e. The first-order valence-electron chi connectivity index (χ1n) is 6.15. The van der Waals surface area contributed by atoms with Gasteiger partial charge in [0.15, 0.2) is 0 Å². The number of esters is 1. The number of anilines is 1. The molecule has 0 radical (unpaired) electrons. The lowest BCUT2D eigenvalue weighted by Gasteiger charge is -2.20. The van der Waals surface area contributed by atoms with E-state index < -0.39 is 11.8 Å². The SMILES string of the molecule is COC(=O)c1cc(F)ccc1NC(=O)CNC(C)(C)C. The molecule has 0 aliphatic carbocycles. The van der Waals surface area contributed by atoms with Crippen molar-refractivity contribution in [2.24, 2.45) is 0 Å². The predicted octanol–water partition coefficient (Wildman–Crippen LogP) is 1.94. The van der Waals surface area contributed by atoms with Crippen LogP contribution in [0.25, 0.3) is 0 Å². The molecule has 0 heterocycles. The molecule has 1 aromatic carbocycles. The second-order valence-corrected chi connectivity index (χ2v) is 5.33. The zero-order valence-electron chi connectivity index (χ0n) is 12.0. The normalized spacial score (nSPS) is 11.1. The van der Waals surface area contributed by atoms with E-state index in [2.05, 4.69) is 15.4 Å². The van der Waals surface area contributed by atoms with E-state index >= 15 is 0 Å². The molecule has 20 heavy (non-hydrogen) atoms. The molecule has 0 saturated carbocycles. The molecule has 0 spiro atoms.